The van der Waals surface area contributed by atoms with Gasteiger partial charge in [-0.05, 0) is 50.6 Å². The second-order valence-corrected chi connectivity index (χ2v) is 7.95. The fraction of sp³-hybridized carbons (Fsp3) is 1.00. The zero-order valence-electron chi connectivity index (χ0n) is 14.2. The Morgan fingerprint density at radius 1 is 1.00 bits per heavy atom. The first-order valence-electron chi connectivity index (χ1n) is 9.36. The van der Waals surface area contributed by atoms with Crippen LogP contribution < -0.4 is 5.73 Å². The lowest BCUT2D eigenvalue weighted by atomic mass is 9.67. The molecule has 3 heteroatoms. The third-order valence-electron chi connectivity index (χ3n) is 7.02. The number of nitrogens with two attached hydrogens (primary N) is 1. The highest BCUT2D eigenvalue weighted by atomic mass is 15.3. The molecular weight excluding hydrogens is 258 g/mol. The fourth-order valence-electron chi connectivity index (χ4n) is 5.33. The van der Waals surface area contributed by atoms with Gasteiger partial charge >= 0.3 is 0 Å². The predicted octanol–water partition coefficient (Wildman–Crippen LogP) is 2.70. The highest BCUT2D eigenvalue weighted by Gasteiger charge is 2.47. The van der Waals surface area contributed by atoms with Gasteiger partial charge in [0.15, 0.2) is 0 Å². The lowest BCUT2D eigenvalue weighted by Crippen LogP contribution is -2.60. The van der Waals surface area contributed by atoms with Gasteiger partial charge in [0.2, 0.25) is 0 Å². The predicted molar refractivity (Wildman–Crippen MR) is 89.4 cm³/mol. The second-order valence-electron chi connectivity index (χ2n) is 7.95. The number of nitrogens with zero attached hydrogens (tertiary/aromatic N) is 2. The van der Waals surface area contributed by atoms with Crippen molar-refractivity contribution in [3.8, 4) is 0 Å². The summed E-state index contributed by atoms with van der Waals surface area (Å²) < 4.78 is 0. The molecule has 0 aromatic heterocycles. The van der Waals surface area contributed by atoms with Crippen LogP contribution in [0.1, 0.15) is 58.8 Å². The minimum absolute atomic E-state index is 0.294. The molecule has 1 saturated carbocycles. The van der Waals surface area contributed by atoms with E-state index >= 15 is 0 Å². The molecule has 0 aromatic carbocycles. The Bertz CT molecular complexity index is 339. The topological polar surface area (TPSA) is 32.5 Å². The Hall–Kier alpha value is -0.120. The van der Waals surface area contributed by atoms with Crippen LogP contribution in [0.2, 0.25) is 0 Å². The van der Waals surface area contributed by atoms with Gasteiger partial charge in [-0.3, -0.25) is 9.80 Å². The molecule has 0 bridgehead atoms. The third kappa shape index (κ3) is 2.89. The molecule has 3 fully saturated rings. The Balaban J connectivity index is 1.68. The summed E-state index contributed by atoms with van der Waals surface area (Å²) in [5.41, 5.74) is 6.63. The lowest BCUT2D eigenvalue weighted by molar-refractivity contribution is -0.000659. The highest BCUT2D eigenvalue weighted by Crippen LogP contribution is 2.43. The van der Waals surface area contributed by atoms with Crippen molar-refractivity contribution in [1.82, 2.24) is 9.80 Å². The maximum absolute atomic E-state index is 6.34. The molecule has 0 spiro atoms. The zero-order valence-corrected chi connectivity index (χ0v) is 14.2. The summed E-state index contributed by atoms with van der Waals surface area (Å²) in [6.07, 6.45) is 9.70. The summed E-state index contributed by atoms with van der Waals surface area (Å²) in [6, 6.07) is 0.804. The van der Waals surface area contributed by atoms with Gasteiger partial charge in [0.1, 0.15) is 0 Å². The second kappa shape index (κ2) is 6.55. The van der Waals surface area contributed by atoms with Crippen LogP contribution in [0.3, 0.4) is 0 Å². The van der Waals surface area contributed by atoms with Crippen LogP contribution in [0.25, 0.3) is 0 Å². The molecule has 4 atom stereocenters. The quantitative estimate of drug-likeness (QED) is 0.868. The van der Waals surface area contributed by atoms with E-state index < -0.39 is 0 Å². The summed E-state index contributed by atoms with van der Waals surface area (Å²) in [6.45, 7) is 11.0. The van der Waals surface area contributed by atoms with Crippen LogP contribution >= 0.6 is 0 Å². The summed E-state index contributed by atoms with van der Waals surface area (Å²) >= 11 is 0. The van der Waals surface area contributed by atoms with E-state index in [1.54, 1.807) is 0 Å². The molecule has 2 saturated heterocycles. The average Bonchev–Trinajstić information content (AvgIpc) is 3.01. The maximum atomic E-state index is 6.34. The molecule has 2 heterocycles. The van der Waals surface area contributed by atoms with Crippen molar-refractivity contribution in [3.63, 3.8) is 0 Å². The summed E-state index contributed by atoms with van der Waals surface area (Å²) in [5, 5.41) is 0. The van der Waals surface area contributed by atoms with Gasteiger partial charge in [-0.25, -0.2) is 0 Å². The van der Waals surface area contributed by atoms with E-state index in [1.165, 1.54) is 71.1 Å². The standard InChI is InChI=1S/C18H35N3/c1-15-7-6-9-18(14-19,16(15)2)21-12-8-17(13-21)20-10-4-3-5-11-20/h15-17H,3-14,19H2,1-2H3. The van der Waals surface area contributed by atoms with Crippen LogP contribution in [0.5, 0.6) is 0 Å². The van der Waals surface area contributed by atoms with Crippen LogP contribution in [0.4, 0.5) is 0 Å². The first-order valence-corrected chi connectivity index (χ1v) is 9.36. The molecule has 21 heavy (non-hydrogen) atoms. The number of rotatable bonds is 3. The number of hydrogen-bond donors (Lipinski definition) is 1. The molecule has 1 aliphatic carbocycles. The molecule has 0 radical (unpaired) electrons. The van der Waals surface area contributed by atoms with Gasteiger partial charge in [-0.1, -0.05) is 33.1 Å². The van der Waals surface area contributed by atoms with E-state index in [9.17, 15) is 0 Å². The number of hydrogen-bond acceptors (Lipinski definition) is 3. The van der Waals surface area contributed by atoms with Crippen LogP contribution in [0.15, 0.2) is 0 Å². The highest BCUT2D eigenvalue weighted by molar-refractivity contribution is 5.03. The van der Waals surface area contributed by atoms with E-state index in [-0.39, 0.29) is 0 Å². The molecule has 3 nitrogen and oxygen atoms in total. The molecule has 0 amide bonds. The van der Waals surface area contributed by atoms with Crippen molar-refractivity contribution in [2.24, 2.45) is 17.6 Å². The molecule has 2 N–H and O–H groups in total. The zero-order chi connectivity index (χ0) is 14.9. The van der Waals surface area contributed by atoms with Gasteiger partial charge < -0.3 is 5.73 Å². The SMILES string of the molecule is CC1CCCC(CN)(N2CCC(N3CCCCC3)C2)C1C. The van der Waals surface area contributed by atoms with Crippen molar-refractivity contribution in [3.05, 3.63) is 0 Å². The Labute approximate surface area is 131 Å². The van der Waals surface area contributed by atoms with Crippen LogP contribution in [-0.4, -0.2) is 54.1 Å². The van der Waals surface area contributed by atoms with Crippen molar-refractivity contribution >= 4 is 0 Å². The van der Waals surface area contributed by atoms with Crippen molar-refractivity contribution in [2.45, 2.75) is 70.4 Å². The van der Waals surface area contributed by atoms with E-state index in [2.05, 4.69) is 23.6 Å². The normalized spacial score (nSPS) is 43.3. The fourth-order valence-corrected chi connectivity index (χ4v) is 5.33. The molecule has 3 rings (SSSR count). The minimum atomic E-state index is 0.294. The van der Waals surface area contributed by atoms with Crippen LogP contribution in [0, 0.1) is 11.8 Å². The van der Waals surface area contributed by atoms with Gasteiger partial charge in [0, 0.05) is 31.2 Å². The minimum Gasteiger partial charge on any atom is -0.329 e. The molecule has 0 aromatic rings. The van der Waals surface area contributed by atoms with E-state index in [4.69, 9.17) is 5.73 Å². The Morgan fingerprint density at radius 3 is 2.48 bits per heavy atom. The number of piperidine rings is 1. The third-order valence-corrected chi connectivity index (χ3v) is 7.02. The molecule has 4 unspecified atom stereocenters. The van der Waals surface area contributed by atoms with E-state index in [0.717, 1.165) is 24.4 Å². The summed E-state index contributed by atoms with van der Waals surface area (Å²) in [4.78, 5) is 5.57. The van der Waals surface area contributed by atoms with Crippen LogP contribution in [-0.2, 0) is 0 Å². The smallest absolute Gasteiger partial charge is 0.0360 e. The summed E-state index contributed by atoms with van der Waals surface area (Å²) in [7, 11) is 0. The lowest BCUT2D eigenvalue weighted by Gasteiger charge is -2.51. The Morgan fingerprint density at radius 2 is 1.76 bits per heavy atom. The molecule has 122 valence electrons. The summed E-state index contributed by atoms with van der Waals surface area (Å²) in [5.74, 6) is 1.58. The van der Waals surface area contributed by atoms with Gasteiger partial charge in [0.05, 0.1) is 0 Å². The van der Waals surface area contributed by atoms with Crippen molar-refractivity contribution in [2.75, 3.05) is 32.7 Å². The van der Waals surface area contributed by atoms with Crippen molar-refractivity contribution in [1.29, 1.82) is 0 Å². The first kappa shape index (κ1) is 15.8. The van der Waals surface area contributed by atoms with Gasteiger partial charge in [-0.15, -0.1) is 0 Å². The Kier molecular flexibility index (Phi) is 4.92. The largest absolute Gasteiger partial charge is 0.329 e. The van der Waals surface area contributed by atoms with E-state index in [1.807, 2.05) is 0 Å². The van der Waals surface area contributed by atoms with E-state index in [0.29, 0.717) is 5.54 Å². The van der Waals surface area contributed by atoms with Crippen molar-refractivity contribution < 1.29 is 0 Å². The average molecular weight is 293 g/mol. The van der Waals surface area contributed by atoms with Gasteiger partial charge in [0.25, 0.3) is 0 Å². The number of likely N-dealkylation sites (tertiary alicyclic amines) is 2. The maximum Gasteiger partial charge on any atom is 0.0360 e. The first-order chi connectivity index (χ1) is 10.2. The molecule has 3 aliphatic rings. The monoisotopic (exact) mass is 293 g/mol. The molecular formula is C18H35N3. The van der Waals surface area contributed by atoms with Gasteiger partial charge in [-0.2, -0.15) is 0 Å². The molecule has 2 aliphatic heterocycles.